The first-order valence-electron chi connectivity index (χ1n) is 6.82. The van der Waals surface area contributed by atoms with Gasteiger partial charge < -0.3 is 9.30 Å². The highest BCUT2D eigenvalue weighted by Crippen LogP contribution is 2.22. The summed E-state index contributed by atoms with van der Waals surface area (Å²) in [4.78, 5) is 15.4. The second kappa shape index (κ2) is 7.01. The van der Waals surface area contributed by atoms with E-state index in [1.165, 1.54) is 35.2 Å². The lowest BCUT2D eigenvalue weighted by Gasteiger charge is -2.08. The summed E-state index contributed by atoms with van der Waals surface area (Å²) >= 11 is 5.89. The van der Waals surface area contributed by atoms with Crippen molar-refractivity contribution in [3.63, 3.8) is 0 Å². The molecule has 0 atom stereocenters. The summed E-state index contributed by atoms with van der Waals surface area (Å²) < 4.78 is 33.2. The third-order valence-electron chi connectivity index (χ3n) is 2.90. The smallest absolute Gasteiger partial charge is 0.338 e. The number of ether oxygens (including phenoxy) is 1. The number of rotatable bonds is 6. The lowest BCUT2D eigenvalue weighted by Crippen LogP contribution is -2.14. The molecule has 0 bridgehead atoms. The Balaban J connectivity index is 2.14. The largest absolute Gasteiger partial charge is 0.462 e. The van der Waals surface area contributed by atoms with Crippen molar-refractivity contribution in [3.8, 4) is 0 Å². The first kappa shape index (κ1) is 17.3. The standard InChI is InChI=1S/C14H16ClN3O4S/c1-3-8-22-14(19)10-4-6-11(7-5-10)17-23(20,21)13-12(15)18(2)9-16-13/h4-7,9,17H,3,8H2,1-2H3. The van der Waals surface area contributed by atoms with Crippen LogP contribution in [0.3, 0.4) is 0 Å². The van der Waals surface area contributed by atoms with Gasteiger partial charge in [0, 0.05) is 12.7 Å². The Morgan fingerprint density at radius 1 is 1.35 bits per heavy atom. The average molecular weight is 358 g/mol. The van der Waals surface area contributed by atoms with E-state index in [1.54, 1.807) is 7.05 Å². The van der Waals surface area contributed by atoms with Gasteiger partial charge in [-0.15, -0.1) is 0 Å². The fraction of sp³-hybridized carbons (Fsp3) is 0.286. The maximum absolute atomic E-state index is 12.2. The molecule has 0 fully saturated rings. The molecule has 0 saturated carbocycles. The Labute approximate surface area is 139 Å². The highest BCUT2D eigenvalue weighted by atomic mass is 35.5. The van der Waals surface area contributed by atoms with Gasteiger partial charge in [0.2, 0.25) is 5.03 Å². The highest BCUT2D eigenvalue weighted by Gasteiger charge is 2.22. The van der Waals surface area contributed by atoms with Crippen LogP contribution in [0, 0.1) is 0 Å². The Morgan fingerprint density at radius 3 is 2.52 bits per heavy atom. The molecule has 0 saturated heterocycles. The Kier molecular flexibility index (Phi) is 5.27. The molecule has 0 amide bonds. The zero-order chi connectivity index (χ0) is 17.0. The summed E-state index contributed by atoms with van der Waals surface area (Å²) in [7, 11) is -2.31. The quantitative estimate of drug-likeness (QED) is 0.802. The number of benzene rings is 1. The van der Waals surface area contributed by atoms with Crippen molar-refractivity contribution in [3.05, 3.63) is 41.3 Å². The summed E-state index contributed by atoms with van der Waals surface area (Å²) in [5.74, 6) is -0.450. The molecule has 1 aromatic carbocycles. The Bertz CT molecular complexity index is 800. The van der Waals surface area contributed by atoms with Crippen LogP contribution in [-0.2, 0) is 21.8 Å². The topological polar surface area (TPSA) is 90.3 Å². The van der Waals surface area contributed by atoms with Crippen molar-refractivity contribution >= 4 is 33.3 Å². The predicted molar refractivity (Wildman–Crippen MR) is 86.0 cm³/mol. The molecular formula is C14H16ClN3O4S. The molecule has 23 heavy (non-hydrogen) atoms. The van der Waals surface area contributed by atoms with Crippen LogP contribution in [0.4, 0.5) is 5.69 Å². The van der Waals surface area contributed by atoms with Gasteiger partial charge in [0.1, 0.15) is 5.15 Å². The lowest BCUT2D eigenvalue weighted by atomic mass is 10.2. The zero-order valence-corrected chi connectivity index (χ0v) is 14.2. The van der Waals surface area contributed by atoms with Crippen molar-refractivity contribution < 1.29 is 17.9 Å². The summed E-state index contributed by atoms with van der Waals surface area (Å²) in [6, 6.07) is 5.90. The molecule has 124 valence electrons. The van der Waals surface area contributed by atoms with E-state index < -0.39 is 16.0 Å². The number of halogens is 1. The fourth-order valence-corrected chi connectivity index (χ4v) is 3.22. The number of imidazole rings is 1. The maximum atomic E-state index is 12.2. The van der Waals surface area contributed by atoms with Crippen LogP contribution < -0.4 is 4.72 Å². The van der Waals surface area contributed by atoms with Gasteiger partial charge in [-0.1, -0.05) is 18.5 Å². The number of anilines is 1. The summed E-state index contributed by atoms with van der Waals surface area (Å²) in [6.45, 7) is 2.24. The van der Waals surface area contributed by atoms with Gasteiger partial charge in [-0.2, -0.15) is 8.42 Å². The van der Waals surface area contributed by atoms with Crippen LogP contribution in [0.1, 0.15) is 23.7 Å². The highest BCUT2D eigenvalue weighted by molar-refractivity contribution is 7.92. The summed E-state index contributed by atoms with van der Waals surface area (Å²) in [5.41, 5.74) is 0.635. The second-order valence-electron chi connectivity index (χ2n) is 4.77. The van der Waals surface area contributed by atoms with E-state index in [2.05, 4.69) is 9.71 Å². The molecule has 1 N–H and O–H groups in total. The van der Waals surface area contributed by atoms with E-state index >= 15 is 0 Å². The van der Waals surface area contributed by atoms with Crippen molar-refractivity contribution in [1.82, 2.24) is 9.55 Å². The summed E-state index contributed by atoms with van der Waals surface area (Å²) in [6.07, 6.45) is 2.04. The first-order chi connectivity index (χ1) is 10.8. The number of aryl methyl sites for hydroxylation is 1. The first-order valence-corrected chi connectivity index (χ1v) is 8.68. The molecule has 0 aliphatic carbocycles. The van der Waals surface area contributed by atoms with Crippen LogP contribution in [-0.4, -0.2) is 30.5 Å². The van der Waals surface area contributed by atoms with Crippen molar-refractivity contribution in [2.45, 2.75) is 18.4 Å². The number of esters is 1. The molecule has 9 heteroatoms. The zero-order valence-electron chi connectivity index (χ0n) is 12.6. The molecule has 7 nitrogen and oxygen atoms in total. The molecule has 0 spiro atoms. The number of hydrogen-bond acceptors (Lipinski definition) is 5. The predicted octanol–water partition coefficient (Wildman–Crippen LogP) is 2.44. The molecule has 0 radical (unpaired) electrons. The molecule has 0 aliphatic rings. The van der Waals surface area contributed by atoms with Gasteiger partial charge in [0.25, 0.3) is 10.0 Å². The van der Waals surface area contributed by atoms with Crippen molar-refractivity contribution in [2.24, 2.45) is 7.05 Å². The summed E-state index contributed by atoms with van der Waals surface area (Å²) in [5, 5.41) is -0.245. The monoisotopic (exact) mass is 357 g/mol. The second-order valence-corrected chi connectivity index (χ2v) is 6.73. The minimum Gasteiger partial charge on any atom is -0.462 e. The number of nitrogens with zero attached hydrogens (tertiary/aromatic N) is 2. The number of hydrogen-bond donors (Lipinski definition) is 1. The van der Waals surface area contributed by atoms with E-state index in [0.717, 1.165) is 6.42 Å². The maximum Gasteiger partial charge on any atom is 0.338 e. The minimum absolute atomic E-state index is 0.0114. The van der Waals surface area contributed by atoms with Crippen LogP contribution in [0.2, 0.25) is 5.15 Å². The molecule has 0 aliphatic heterocycles. The Hall–Kier alpha value is -2.06. The normalized spacial score (nSPS) is 11.3. The van der Waals surface area contributed by atoms with Gasteiger partial charge in [-0.3, -0.25) is 4.72 Å². The van der Waals surface area contributed by atoms with Gasteiger partial charge >= 0.3 is 5.97 Å². The molecular weight excluding hydrogens is 342 g/mol. The van der Waals surface area contributed by atoms with Crippen molar-refractivity contribution in [1.29, 1.82) is 0 Å². The number of aromatic nitrogens is 2. The third kappa shape index (κ3) is 4.02. The van der Waals surface area contributed by atoms with E-state index in [-0.39, 0.29) is 10.2 Å². The van der Waals surface area contributed by atoms with Gasteiger partial charge in [-0.05, 0) is 30.7 Å². The average Bonchev–Trinajstić information content (AvgIpc) is 2.85. The molecule has 1 aromatic heterocycles. The number of sulfonamides is 1. The van der Waals surface area contributed by atoms with E-state index in [9.17, 15) is 13.2 Å². The number of carbonyl (C=O) groups excluding carboxylic acids is 1. The Morgan fingerprint density at radius 2 is 2.00 bits per heavy atom. The van der Waals surface area contributed by atoms with E-state index in [4.69, 9.17) is 16.3 Å². The lowest BCUT2D eigenvalue weighted by molar-refractivity contribution is 0.0505. The number of carbonyl (C=O) groups is 1. The minimum atomic E-state index is -3.90. The fourth-order valence-electron chi connectivity index (χ4n) is 1.73. The van der Waals surface area contributed by atoms with Crippen LogP contribution in [0.5, 0.6) is 0 Å². The number of nitrogens with one attached hydrogen (secondary N) is 1. The van der Waals surface area contributed by atoms with Crippen molar-refractivity contribution in [2.75, 3.05) is 11.3 Å². The third-order valence-corrected chi connectivity index (χ3v) is 4.77. The SMILES string of the molecule is CCCOC(=O)c1ccc(NS(=O)(=O)c2ncn(C)c2Cl)cc1. The van der Waals surface area contributed by atoms with Gasteiger partial charge in [-0.25, -0.2) is 9.78 Å². The van der Waals surface area contributed by atoms with E-state index in [0.29, 0.717) is 17.9 Å². The van der Waals surface area contributed by atoms with Crippen LogP contribution in [0.25, 0.3) is 0 Å². The van der Waals surface area contributed by atoms with Crippen LogP contribution in [0.15, 0.2) is 35.6 Å². The van der Waals surface area contributed by atoms with Gasteiger partial charge in [0.15, 0.2) is 0 Å². The van der Waals surface area contributed by atoms with E-state index in [1.807, 2.05) is 6.92 Å². The molecule has 2 rings (SSSR count). The molecule has 0 unspecified atom stereocenters. The molecule has 2 aromatic rings. The molecule has 1 heterocycles. The van der Waals surface area contributed by atoms with Gasteiger partial charge in [0.05, 0.1) is 18.5 Å². The van der Waals surface area contributed by atoms with Crippen LogP contribution >= 0.6 is 11.6 Å².